The summed E-state index contributed by atoms with van der Waals surface area (Å²) in [5.41, 5.74) is 3.07. The van der Waals surface area contributed by atoms with Crippen LogP contribution >= 0.6 is 0 Å². The van der Waals surface area contributed by atoms with Crippen molar-refractivity contribution >= 4 is 17.6 Å². The van der Waals surface area contributed by atoms with E-state index in [1.165, 1.54) is 5.56 Å². The third-order valence-electron chi connectivity index (χ3n) is 3.87. The lowest BCUT2D eigenvalue weighted by molar-refractivity contribution is -0.135. The number of amides is 3. The summed E-state index contributed by atoms with van der Waals surface area (Å²) < 4.78 is 4.89. The van der Waals surface area contributed by atoms with Gasteiger partial charge in [-0.3, -0.25) is 4.79 Å². The van der Waals surface area contributed by atoms with E-state index in [1.807, 2.05) is 36.9 Å². The Morgan fingerprint density at radius 3 is 2.78 bits per heavy atom. The van der Waals surface area contributed by atoms with Crippen molar-refractivity contribution in [3.63, 3.8) is 0 Å². The topological polar surface area (TPSA) is 70.7 Å². The summed E-state index contributed by atoms with van der Waals surface area (Å²) in [6.45, 7) is 6.13. The Kier molecular flexibility index (Phi) is 5.98. The first kappa shape index (κ1) is 17.3. The number of nitrogens with zero attached hydrogens (tertiary/aromatic N) is 1. The number of benzene rings is 1. The predicted molar refractivity (Wildman–Crippen MR) is 89.3 cm³/mol. The molecular weight excluding hydrogens is 294 g/mol. The number of carbonyl (C=O) groups is 2. The van der Waals surface area contributed by atoms with Crippen molar-refractivity contribution in [2.45, 2.75) is 26.8 Å². The summed E-state index contributed by atoms with van der Waals surface area (Å²) in [7, 11) is 1.59. The minimum Gasteiger partial charge on any atom is -0.383 e. The first-order valence-electron chi connectivity index (χ1n) is 7.95. The molecule has 0 spiro atoms. The molecule has 126 valence electrons. The second-order valence-electron chi connectivity index (χ2n) is 6.02. The van der Waals surface area contributed by atoms with Crippen molar-refractivity contribution in [2.24, 2.45) is 5.92 Å². The summed E-state index contributed by atoms with van der Waals surface area (Å²) in [6.07, 6.45) is 0.855. The van der Waals surface area contributed by atoms with Gasteiger partial charge in [0.05, 0.1) is 6.61 Å². The Morgan fingerprint density at radius 1 is 1.30 bits per heavy atom. The number of hydrogen-bond acceptors (Lipinski definition) is 3. The SMILES string of the molecule is COCCNC(=O)Nc1ccc2c(c1)CN(C(=O)C(C)C)CC2. The van der Waals surface area contributed by atoms with E-state index in [-0.39, 0.29) is 17.9 Å². The molecular formula is C17H25N3O3. The number of rotatable bonds is 5. The van der Waals surface area contributed by atoms with E-state index in [4.69, 9.17) is 4.74 Å². The normalized spacial score (nSPS) is 13.7. The van der Waals surface area contributed by atoms with E-state index in [0.29, 0.717) is 19.7 Å². The molecule has 0 unspecified atom stereocenters. The summed E-state index contributed by atoms with van der Waals surface area (Å²) in [4.78, 5) is 25.8. The van der Waals surface area contributed by atoms with Crippen LogP contribution in [0, 0.1) is 5.92 Å². The average molecular weight is 319 g/mol. The van der Waals surface area contributed by atoms with Crippen LogP contribution in [0.4, 0.5) is 10.5 Å². The maximum absolute atomic E-state index is 12.2. The van der Waals surface area contributed by atoms with Crippen LogP contribution in [-0.4, -0.2) is 43.6 Å². The third-order valence-corrected chi connectivity index (χ3v) is 3.87. The van der Waals surface area contributed by atoms with E-state index in [0.717, 1.165) is 24.2 Å². The van der Waals surface area contributed by atoms with Gasteiger partial charge in [0.25, 0.3) is 0 Å². The molecule has 0 atom stereocenters. The van der Waals surface area contributed by atoms with Crippen molar-refractivity contribution < 1.29 is 14.3 Å². The van der Waals surface area contributed by atoms with Crippen LogP contribution in [0.3, 0.4) is 0 Å². The van der Waals surface area contributed by atoms with E-state index in [9.17, 15) is 9.59 Å². The molecule has 3 amide bonds. The van der Waals surface area contributed by atoms with Crippen molar-refractivity contribution in [3.8, 4) is 0 Å². The first-order chi connectivity index (χ1) is 11.0. The summed E-state index contributed by atoms with van der Waals surface area (Å²) in [5.74, 6) is 0.177. The van der Waals surface area contributed by atoms with Gasteiger partial charge in [0.15, 0.2) is 0 Å². The standard InChI is InChI=1S/C17H25N3O3/c1-12(2)16(21)20-8-6-13-4-5-15(10-14(13)11-20)19-17(22)18-7-9-23-3/h4-5,10,12H,6-9,11H2,1-3H3,(H2,18,19,22). The molecule has 0 fully saturated rings. The van der Waals surface area contributed by atoms with Gasteiger partial charge in [-0.1, -0.05) is 19.9 Å². The van der Waals surface area contributed by atoms with Crippen LogP contribution in [0.2, 0.25) is 0 Å². The molecule has 1 aromatic carbocycles. The van der Waals surface area contributed by atoms with Crippen LogP contribution in [0.1, 0.15) is 25.0 Å². The predicted octanol–water partition coefficient (Wildman–Crippen LogP) is 2.00. The minimum atomic E-state index is -0.257. The molecule has 1 aliphatic rings. The molecule has 1 aliphatic heterocycles. The lowest BCUT2D eigenvalue weighted by Crippen LogP contribution is -2.38. The Balaban J connectivity index is 2.00. The Hall–Kier alpha value is -2.08. The van der Waals surface area contributed by atoms with Gasteiger partial charge in [-0.25, -0.2) is 4.79 Å². The molecule has 1 heterocycles. The fourth-order valence-corrected chi connectivity index (χ4v) is 2.63. The number of carbonyl (C=O) groups excluding carboxylic acids is 2. The van der Waals surface area contributed by atoms with Crippen LogP contribution in [0.5, 0.6) is 0 Å². The fraction of sp³-hybridized carbons (Fsp3) is 0.529. The van der Waals surface area contributed by atoms with Gasteiger partial charge in [-0.05, 0) is 29.7 Å². The molecule has 2 rings (SSSR count). The number of fused-ring (bicyclic) bond motifs is 1. The van der Waals surface area contributed by atoms with Crippen molar-refractivity contribution in [1.29, 1.82) is 0 Å². The molecule has 0 aromatic heterocycles. The average Bonchev–Trinajstić information content (AvgIpc) is 2.53. The van der Waals surface area contributed by atoms with E-state index in [2.05, 4.69) is 10.6 Å². The fourth-order valence-electron chi connectivity index (χ4n) is 2.63. The summed E-state index contributed by atoms with van der Waals surface area (Å²) >= 11 is 0. The maximum Gasteiger partial charge on any atom is 0.319 e. The third kappa shape index (κ3) is 4.69. The quantitative estimate of drug-likeness (QED) is 0.816. The highest BCUT2D eigenvalue weighted by molar-refractivity contribution is 5.89. The zero-order chi connectivity index (χ0) is 16.8. The monoisotopic (exact) mass is 319 g/mol. The zero-order valence-corrected chi connectivity index (χ0v) is 14.0. The Labute approximate surface area is 137 Å². The number of ether oxygens (including phenoxy) is 1. The molecule has 0 saturated heterocycles. The number of hydrogen-bond donors (Lipinski definition) is 2. The number of nitrogens with one attached hydrogen (secondary N) is 2. The van der Waals surface area contributed by atoms with Crippen molar-refractivity contribution in [3.05, 3.63) is 29.3 Å². The highest BCUT2D eigenvalue weighted by Gasteiger charge is 2.22. The van der Waals surface area contributed by atoms with Crippen LogP contribution in [0.15, 0.2) is 18.2 Å². The van der Waals surface area contributed by atoms with E-state index >= 15 is 0 Å². The zero-order valence-electron chi connectivity index (χ0n) is 14.0. The van der Waals surface area contributed by atoms with Gasteiger partial charge in [0.2, 0.25) is 5.91 Å². The summed E-state index contributed by atoms with van der Waals surface area (Å²) in [6, 6.07) is 5.62. The molecule has 6 heteroatoms. The van der Waals surface area contributed by atoms with Gasteiger partial charge in [-0.15, -0.1) is 0 Å². The smallest absolute Gasteiger partial charge is 0.319 e. The molecule has 23 heavy (non-hydrogen) atoms. The van der Waals surface area contributed by atoms with Crippen LogP contribution < -0.4 is 10.6 Å². The van der Waals surface area contributed by atoms with Gasteiger partial charge in [0, 0.05) is 38.3 Å². The largest absolute Gasteiger partial charge is 0.383 e. The van der Waals surface area contributed by atoms with Gasteiger partial charge < -0.3 is 20.3 Å². The summed E-state index contributed by atoms with van der Waals surface area (Å²) in [5, 5.41) is 5.52. The molecule has 6 nitrogen and oxygen atoms in total. The number of anilines is 1. The lowest BCUT2D eigenvalue weighted by Gasteiger charge is -2.30. The van der Waals surface area contributed by atoms with Gasteiger partial charge in [-0.2, -0.15) is 0 Å². The molecule has 0 radical (unpaired) electrons. The van der Waals surface area contributed by atoms with Crippen LogP contribution in [0.25, 0.3) is 0 Å². The minimum absolute atomic E-state index is 0.00409. The molecule has 0 aliphatic carbocycles. The number of methoxy groups -OCH3 is 1. The molecule has 1 aromatic rings. The lowest BCUT2D eigenvalue weighted by atomic mass is 9.98. The molecule has 0 saturated carbocycles. The highest BCUT2D eigenvalue weighted by atomic mass is 16.5. The Bertz CT molecular complexity index is 572. The van der Waals surface area contributed by atoms with E-state index < -0.39 is 0 Å². The van der Waals surface area contributed by atoms with Gasteiger partial charge in [0.1, 0.15) is 0 Å². The van der Waals surface area contributed by atoms with Crippen molar-refractivity contribution in [1.82, 2.24) is 10.2 Å². The van der Waals surface area contributed by atoms with Crippen molar-refractivity contribution in [2.75, 3.05) is 32.1 Å². The second-order valence-corrected chi connectivity index (χ2v) is 6.02. The Morgan fingerprint density at radius 2 is 2.09 bits per heavy atom. The van der Waals surface area contributed by atoms with E-state index in [1.54, 1.807) is 7.11 Å². The molecule has 0 bridgehead atoms. The first-order valence-corrected chi connectivity index (χ1v) is 7.95. The van der Waals surface area contributed by atoms with Gasteiger partial charge >= 0.3 is 6.03 Å². The number of urea groups is 1. The second kappa shape index (κ2) is 7.97. The maximum atomic E-state index is 12.2. The van der Waals surface area contributed by atoms with Crippen LogP contribution in [-0.2, 0) is 22.5 Å². The molecule has 2 N–H and O–H groups in total. The highest BCUT2D eigenvalue weighted by Crippen LogP contribution is 2.23.